The molecule has 0 aliphatic carbocycles. The SMILES string of the molecule is N#CCCCN1CCC(O)(C#N)CC1. The van der Waals surface area contributed by atoms with Gasteiger partial charge in [-0.05, 0) is 13.0 Å². The van der Waals surface area contributed by atoms with Gasteiger partial charge in [-0.15, -0.1) is 0 Å². The van der Waals surface area contributed by atoms with Crippen LogP contribution in [0.5, 0.6) is 0 Å². The highest BCUT2D eigenvalue weighted by molar-refractivity contribution is 5.02. The Hall–Kier alpha value is -1.10. The Bertz CT molecular complexity index is 256. The molecule has 0 amide bonds. The van der Waals surface area contributed by atoms with E-state index in [0.717, 1.165) is 26.1 Å². The number of hydrogen-bond acceptors (Lipinski definition) is 4. The Labute approximate surface area is 84.4 Å². The first-order valence-corrected chi connectivity index (χ1v) is 4.93. The summed E-state index contributed by atoms with van der Waals surface area (Å²) >= 11 is 0. The number of aliphatic hydroxyl groups is 1. The summed E-state index contributed by atoms with van der Waals surface area (Å²) in [4.78, 5) is 2.20. The lowest BCUT2D eigenvalue weighted by Crippen LogP contribution is -2.43. The lowest BCUT2D eigenvalue weighted by atomic mass is 9.93. The predicted molar refractivity (Wildman–Crippen MR) is 51.1 cm³/mol. The highest BCUT2D eigenvalue weighted by Crippen LogP contribution is 2.21. The maximum Gasteiger partial charge on any atom is 0.153 e. The molecular formula is C10H15N3O. The minimum absolute atomic E-state index is 0.524. The third kappa shape index (κ3) is 2.99. The smallest absolute Gasteiger partial charge is 0.153 e. The zero-order valence-corrected chi connectivity index (χ0v) is 8.24. The van der Waals surface area contributed by atoms with Crippen LogP contribution in [0.25, 0.3) is 0 Å². The van der Waals surface area contributed by atoms with E-state index in [4.69, 9.17) is 10.5 Å². The van der Waals surface area contributed by atoms with Crippen LogP contribution in [0, 0.1) is 22.7 Å². The van der Waals surface area contributed by atoms with Crippen LogP contribution in [0.2, 0.25) is 0 Å². The topological polar surface area (TPSA) is 71.1 Å². The van der Waals surface area contributed by atoms with Gasteiger partial charge in [0.15, 0.2) is 5.60 Å². The molecule has 0 aromatic heterocycles. The van der Waals surface area contributed by atoms with Crippen molar-refractivity contribution in [1.82, 2.24) is 4.90 Å². The van der Waals surface area contributed by atoms with Gasteiger partial charge in [0.25, 0.3) is 0 Å². The molecule has 1 heterocycles. The molecule has 1 N–H and O–H groups in total. The fourth-order valence-electron chi connectivity index (χ4n) is 1.64. The molecule has 14 heavy (non-hydrogen) atoms. The highest BCUT2D eigenvalue weighted by atomic mass is 16.3. The van der Waals surface area contributed by atoms with Crippen molar-refractivity contribution < 1.29 is 5.11 Å². The van der Waals surface area contributed by atoms with Crippen LogP contribution >= 0.6 is 0 Å². The lowest BCUT2D eigenvalue weighted by Gasteiger charge is -2.33. The Morgan fingerprint density at radius 3 is 2.43 bits per heavy atom. The monoisotopic (exact) mass is 193 g/mol. The maximum absolute atomic E-state index is 9.63. The second-order valence-electron chi connectivity index (χ2n) is 3.75. The molecule has 0 saturated carbocycles. The number of nitriles is 2. The molecule has 0 aromatic carbocycles. The minimum atomic E-state index is -1.11. The Kier molecular flexibility index (Phi) is 3.88. The van der Waals surface area contributed by atoms with E-state index in [1.807, 2.05) is 6.07 Å². The van der Waals surface area contributed by atoms with E-state index in [2.05, 4.69) is 11.0 Å². The van der Waals surface area contributed by atoms with Crippen molar-refractivity contribution in [1.29, 1.82) is 10.5 Å². The van der Waals surface area contributed by atoms with Gasteiger partial charge in [-0.1, -0.05) is 0 Å². The summed E-state index contributed by atoms with van der Waals surface area (Å²) in [5.74, 6) is 0. The predicted octanol–water partition coefficient (Wildman–Crippen LogP) is 0.641. The van der Waals surface area contributed by atoms with Crippen molar-refractivity contribution in [3.8, 4) is 12.1 Å². The van der Waals surface area contributed by atoms with Crippen LogP contribution in [0.15, 0.2) is 0 Å². The number of rotatable bonds is 3. The van der Waals surface area contributed by atoms with Crippen LogP contribution < -0.4 is 0 Å². The van der Waals surface area contributed by atoms with Crippen molar-refractivity contribution in [3.05, 3.63) is 0 Å². The van der Waals surface area contributed by atoms with E-state index in [9.17, 15) is 5.11 Å². The summed E-state index contributed by atoms with van der Waals surface area (Å²) in [6.45, 7) is 2.42. The fourth-order valence-corrected chi connectivity index (χ4v) is 1.64. The maximum atomic E-state index is 9.63. The first-order valence-electron chi connectivity index (χ1n) is 4.93. The quantitative estimate of drug-likeness (QED) is 0.527. The van der Waals surface area contributed by atoms with Crippen LogP contribution in [-0.4, -0.2) is 35.2 Å². The van der Waals surface area contributed by atoms with Gasteiger partial charge < -0.3 is 10.0 Å². The molecule has 4 heteroatoms. The average molecular weight is 193 g/mol. The molecule has 0 spiro atoms. The molecule has 76 valence electrons. The van der Waals surface area contributed by atoms with E-state index in [0.29, 0.717) is 19.3 Å². The van der Waals surface area contributed by atoms with Crippen molar-refractivity contribution in [2.24, 2.45) is 0 Å². The fraction of sp³-hybridized carbons (Fsp3) is 0.800. The summed E-state index contributed by atoms with van der Waals surface area (Å²) in [5, 5.41) is 26.7. The molecule has 4 nitrogen and oxygen atoms in total. The van der Waals surface area contributed by atoms with E-state index >= 15 is 0 Å². The average Bonchev–Trinajstić information content (AvgIpc) is 2.22. The number of nitrogens with zero attached hydrogens (tertiary/aromatic N) is 3. The van der Waals surface area contributed by atoms with Gasteiger partial charge >= 0.3 is 0 Å². The van der Waals surface area contributed by atoms with Crippen molar-refractivity contribution >= 4 is 0 Å². The summed E-state index contributed by atoms with van der Waals surface area (Å²) < 4.78 is 0. The summed E-state index contributed by atoms with van der Waals surface area (Å²) in [6, 6.07) is 4.05. The molecule has 1 rings (SSSR count). The van der Waals surface area contributed by atoms with Crippen molar-refractivity contribution in [3.63, 3.8) is 0 Å². The van der Waals surface area contributed by atoms with Gasteiger partial charge in [0.05, 0.1) is 12.1 Å². The van der Waals surface area contributed by atoms with E-state index < -0.39 is 5.60 Å². The molecule has 1 aliphatic heterocycles. The standard InChI is InChI=1S/C10H15N3O/c11-5-1-2-6-13-7-3-10(14,9-12)4-8-13/h14H,1-4,6-8H2. The number of hydrogen-bond donors (Lipinski definition) is 1. The Morgan fingerprint density at radius 2 is 1.93 bits per heavy atom. The van der Waals surface area contributed by atoms with Gasteiger partial charge in [-0.25, -0.2) is 0 Å². The van der Waals surface area contributed by atoms with Crippen molar-refractivity contribution in [2.75, 3.05) is 19.6 Å². The van der Waals surface area contributed by atoms with Gasteiger partial charge in [-0.2, -0.15) is 10.5 Å². The molecule has 0 aromatic rings. The Morgan fingerprint density at radius 1 is 1.29 bits per heavy atom. The van der Waals surface area contributed by atoms with Gasteiger partial charge in [-0.3, -0.25) is 0 Å². The Balaban J connectivity index is 2.24. The van der Waals surface area contributed by atoms with Gasteiger partial charge in [0.1, 0.15) is 0 Å². The second-order valence-corrected chi connectivity index (χ2v) is 3.75. The largest absolute Gasteiger partial charge is 0.375 e. The normalized spacial score (nSPS) is 21.1. The lowest BCUT2D eigenvalue weighted by molar-refractivity contribution is 0.0253. The van der Waals surface area contributed by atoms with E-state index in [1.165, 1.54) is 0 Å². The summed E-state index contributed by atoms with van der Waals surface area (Å²) in [6.07, 6.45) is 2.51. The molecular weight excluding hydrogens is 178 g/mol. The van der Waals surface area contributed by atoms with E-state index in [-0.39, 0.29) is 0 Å². The minimum Gasteiger partial charge on any atom is -0.375 e. The summed E-state index contributed by atoms with van der Waals surface area (Å²) in [7, 11) is 0. The molecule has 0 atom stereocenters. The molecule has 0 bridgehead atoms. The van der Waals surface area contributed by atoms with E-state index in [1.54, 1.807) is 0 Å². The number of piperidine rings is 1. The summed E-state index contributed by atoms with van der Waals surface area (Å²) in [5.41, 5.74) is -1.11. The van der Waals surface area contributed by atoms with Crippen LogP contribution in [0.3, 0.4) is 0 Å². The van der Waals surface area contributed by atoms with Crippen molar-refractivity contribution in [2.45, 2.75) is 31.3 Å². The first-order chi connectivity index (χ1) is 6.70. The van der Waals surface area contributed by atoms with Gasteiger partial charge in [0.2, 0.25) is 0 Å². The second kappa shape index (κ2) is 4.95. The zero-order chi connectivity index (χ0) is 10.4. The zero-order valence-electron chi connectivity index (χ0n) is 8.24. The molecule has 1 saturated heterocycles. The number of unbranched alkanes of at least 4 members (excludes halogenated alkanes) is 1. The number of likely N-dealkylation sites (tertiary alicyclic amines) is 1. The van der Waals surface area contributed by atoms with Crippen LogP contribution in [0.4, 0.5) is 0 Å². The van der Waals surface area contributed by atoms with Crippen LogP contribution in [0.1, 0.15) is 25.7 Å². The van der Waals surface area contributed by atoms with Crippen LogP contribution in [-0.2, 0) is 0 Å². The molecule has 1 aliphatic rings. The first kappa shape index (κ1) is 11.0. The molecule has 0 unspecified atom stereocenters. The highest BCUT2D eigenvalue weighted by Gasteiger charge is 2.31. The molecule has 0 radical (unpaired) electrons. The molecule has 1 fully saturated rings. The van der Waals surface area contributed by atoms with Gasteiger partial charge in [0, 0.05) is 32.4 Å². The third-order valence-corrected chi connectivity index (χ3v) is 2.65. The third-order valence-electron chi connectivity index (χ3n) is 2.65.